The van der Waals surface area contributed by atoms with E-state index < -0.39 is 0 Å². The molecule has 8 heteroatoms. The van der Waals surface area contributed by atoms with E-state index in [9.17, 15) is 0 Å². The van der Waals surface area contributed by atoms with Gasteiger partial charge in [-0.25, -0.2) is 0 Å². The smallest absolute Gasteiger partial charge is 0.193 e. The molecule has 1 aromatic rings. The summed E-state index contributed by atoms with van der Waals surface area (Å²) >= 11 is 0. The number of aliphatic imine (C=N–C) groups is 1. The van der Waals surface area contributed by atoms with E-state index in [0.29, 0.717) is 19.1 Å². The predicted octanol–water partition coefficient (Wildman–Crippen LogP) is 2.06. The van der Waals surface area contributed by atoms with E-state index in [4.69, 9.17) is 14.2 Å². The SMILES string of the molecule is CN=C(NCc1ccccc1OCCN1CCOCC1)N1CCC(COC)C1.I. The van der Waals surface area contributed by atoms with E-state index in [1.165, 1.54) is 0 Å². The molecular weight excluding hydrogens is 483 g/mol. The summed E-state index contributed by atoms with van der Waals surface area (Å²) < 4.78 is 16.8. The number of hydrogen-bond acceptors (Lipinski definition) is 5. The normalized spacial score (nSPS) is 20.4. The Hall–Kier alpha value is -1.10. The van der Waals surface area contributed by atoms with E-state index in [1.807, 2.05) is 19.2 Å². The number of halogens is 1. The molecule has 7 nitrogen and oxygen atoms in total. The molecule has 2 fully saturated rings. The zero-order chi connectivity index (χ0) is 19.6. The molecule has 0 saturated carbocycles. The zero-order valence-corrected chi connectivity index (χ0v) is 20.0. The van der Waals surface area contributed by atoms with Crippen LogP contribution in [0.4, 0.5) is 0 Å². The molecule has 0 aliphatic carbocycles. The van der Waals surface area contributed by atoms with Gasteiger partial charge in [-0.2, -0.15) is 0 Å². The number of nitrogens with zero attached hydrogens (tertiary/aromatic N) is 3. The van der Waals surface area contributed by atoms with Crippen molar-refractivity contribution in [2.24, 2.45) is 10.9 Å². The Labute approximate surface area is 191 Å². The Kier molecular flexibility index (Phi) is 11.0. The molecule has 1 aromatic carbocycles. The number of nitrogens with one attached hydrogen (secondary N) is 1. The summed E-state index contributed by atoms with van der Waals surface area (Å²) in [6.07, 6.45) is 1.15. The van der Waals surface area contributed by atoms with Gasteiger partial charge >= 0.3 is 0 Å². The predicted molar refractivity (Wildman–Crippen MR) is 126 cm³/mol. The second kappa shape index (κ2) is 13.3. The Morgan fingerprint density at radius 1 is 1.24 bits per heavy atom. The van der Waals surface area contributed by atoms with Crippen molar-refractivity contribution in [1.29, 1.82) is 0 Å². The van der Waals surface area contributed by atoms with Crippen LogP contribution in [-0.4, -0.2) is 89.1 Å². The molecule has 1 unspecified atom stereocenters. The second-order valence-electron chi connectivity index (χ2n) is 7.37. The Morgan fingerprint density at radius 3 is 2.79 bits per heavy atom. The Bertz CT molecular complexity index is 626. The summed E-state index contributed by atoms with van der Waals surface area (Å²) in [6, 6.07) is 8.24. The van der Waals surface area contributed by atoms with Crippen LogP contribution < -0.4 is 10.1 Å². The van der Waals surface area contributed by atoms with E-state index in [2.05, 4.69) is 32.2 Å². The van der Waals surface area contributed by atoms with Crippen molar-refractivity contribution in [3.05, 3.63) is 29.8 Å². The van der Waals surface area contributed by atoms with Gasteiger partial charge in [-0.1, -0.05) is 18.2 Å². The monoisotopic (exact) mass is 518 g/mol. The number of ether oxygens (including phenoxy) is 3. The summed E-state index contributed by atoms with van der Waals surface area (Å²) in [6.45, 7) is 8.77. The highest BCUT2D eigenvalue weighted by Crippen LogP contribution is 2.19. The molecule has 1 N–H and O–H groups in total. The summed E-state index contributed by atoms with van der Waals surface area (Å²) in [7, 11) is 3.61. The van der Waals surface area contributed by atoms with Crippen LogP contribution in [0.5, 0.6) is 5.75 Å². The Morgan fingerprint density at radius 2 is 2.03 bits per heavy atom. The van der Waals surface area contributed by atoms with Crippen LogP contribution in [-0.2, 0) is 16.0 Å². The number of methoxy groups -OCH3 is 1. The second-order valence-corrected chi connectivity index (χ2v) is 7.37. The molecule has 3 rings (SSSR count). The van der Waals surface area contributed by atoms with Crippen LogP contribution in [0.1, 0.15) is 12.0 Å². The summed E-state index contributed by atoms with van der Waals surface area (Å²) in [4.78, 5) is 9.16. The first-order valence-electron chi connectivity index (χ1n) is 10.3. The molecule has 0 spiro atoms. The third-order valence-corrected chi connectivity index (χ3v) is 5.38. The lowest BCUT2D eigenvalue weighted by molar-refractivity contribution is 0.0322. The molecule has 0 amide bonds. The molecule has 1 atom stereocenters. The maximum atomic E-state index is 6.09. The standard InChI is InChI=1S/C21H34N4O3.HI/c1-22-21(25-8-7-18(16-25)17-26-2)23-15-19-5-3-4-6-20(19)28-14-11-24-9-12-27-13-10-24;/h3-6,18H,7-17H2,1-2H3,(H,22,23);1H. The highest BCUT2D eigenvalue weighted by Gasteiger charge is 2.24. The van der Waals surface area contributed by atoms with Crippen molar-refractivity contribution in [3.8, 4) is 5.75 Å². The van der Waals surface area contributed by atoms with Gasteiger partial charge in [0, 0.05) is 64.9 Å². The lowest BCUT2D eigenvalue weighted by atomic mass is 10.1. The molecule has 164 valence electrons. The lowest BCUT2D eigenvalue weighted by Crippen LogP contribution is -2.40. The van der Waals surface area contributed by atoms with Gasteiger partial charge in [0.25, 0.3) is 0 Å². The lowest BCUT2D eigenvalue weighted by Gasteiger charge is -2.26. The van der Waals surface area contributed by atoms with Crippen molar-refractivity contribution in [2.75, 3.05) is 73.3 Å². The molecule has 0 radical (unpaired) electrons. The minimum Gasteiger partial charge on any atom is -0.492 e. The molecule has 2 aliphatic rings. The summed E-state index contributed by atoms with van der Waals surface area (Å²) in [5.41, 5.74) is 1.15. The average Bonchev–Trinajstić information content (AvgIpc) is 3.19. The fourth-order valence-corrected chi connectivity index (χ4v) is 3.80. The van der Waals surface area contributed by atoms with E-state index in [0.717, 1.165) is 76.2 Å². The number of likely N-dealkylation sites (tertiary alicyclic amines) is 1. The van der Waals surface area contributed by atoms with Crippen LogP contribution >= 0.6 is 24.0 Å². The van der Waals surface area contributed by atoms with Crippen LogP contribution in [0.2, 0.25) is 0 Å². The fraction of sp³-hybridized carbons (Fsp3) is 0.667. The van der Waals surface area contributed by atoms with Crippen molar-refractivity contribution in [3.63, 3.8) is 0 Å². The van der Waals surface area contributed by atoms with Crippen LogP contribution in [0, 0.1) is 5.92 Å². The van der Waals surface area contributed by atoms with Crippen LogP contribution in [0.3, 0.4) is 0 Å². The first-order chi connectivity index (χ1) is 13.8. The quantitative estimate of drug-likeness (QED) is 0.323. The van der Waals surface area contributed by atoms with Gasteiger partial charge in [-0.05, 0) is 12.5 Å². The van der Waals surface area contributed by atoms with Gasteiger partial charge in [0.05, 0.1) is 19.8 Å². The number of benzene rings is 1. The molecule has 29 heavy (non-hydrogen) atoms. The number of morpholine rings is 1. The fourth-order valence-electron chi connectivity index (χ4n) is 3.80. The van der Waals surface area contributed by atoms with Gasteiger partial charge in [0.1, 0.15) is 12.4 Å². The average molecular weight is 518 g/mol. The van der Waals surface area contributed by atoms with Gasteiger partial charge in [0.2, 0.25) is 0 Å². The van der Waals surface area contributed by atoms with Crippen molar-refractivity contribution in [2.45, 2.75) is 13.0 Å². The maximum Gasteiger partial charge on any atom is 0.193 e. The largest absolute Gasteiger partial charge is 0.492 e. The first kappa shape index (κ1) is 24.2. The Balaban J connectivity index is 0.00000300. The summed E-state index contributed by atoms with van der Waals surface area (Å²) in [5.74, 6) is 2.47. The first-order valence-corrected chi connectivity index (χ1v) is 10.3. The highest BCUT2D eigenvalue weighted by molar-refractivity contribution is 14.0. The van der Waals surface area contributed by atoms with Crippen LogP contribution in [0.25, 0.3) is 0 Å². The van der Waals surface area contributed by atoms with Crippen molar-refractivity contribution in [1.82, 2.24) is 15.1 Å². The van der Waals surface area contributed by atoms with E-state index >= 15 is 0 Å². The molecule has 0 bridgehead atoms. The molecular formula is C21H35IN4O3. The van der Waals surface area contributed by atoms with Crippen molar-refractivity contribution >= 4 is 29.9 Å². The van der Waals surface area contributed by atoms with Gasteiger partial charge in [0.15, 0.2) is 5.96 Å². The molecule has 2 aliphatic heterocycles. The topological polar surface area (TPSA) is 58.6 Å². The number of rotatable bonds is 8. The highest BCUT2D eigenvalue weighted by atomic mass is 127. The van der Waals surface area contributed by atoms with Gasteiger partial charge < -0.3 is 24.4 Å². The molecule has 2 heterocycles. The summed E-state index contributed by atoms with van der Waals surface area (Å²) in [5, 5.41) is 3.50. The maximum absolute atomic E-state index is 6.09. The molecule has 2 saturated heterocycles. The van der Waals surface area contributed by atoms with Crippen LogP contribution in [0.15, 0.2) is 29.3 Å². The third-order valence-electron chi connectivity index (χ3n) is 5.38. The number of guanidine groups is 1. The molecule has 0 aromatic heterocycles. The van der Waals surface area contributed by atoms with Crippen molar-refractivity contribution < 1.29 is 14.2 Å². The minimum atomic E-state index is 0. The number of hydrogen-bond donors (Lipinski definition) is 1. The van der Waals surface area contributed by atoms with Gasteiger partial charge in [-0.3, -0.25) is 9.89 Å². The van der Waals surface area contributed by atoms with E-state index in [1.54, 1.807) is 7.11 Å². The minimum absolute atomic E-state index is 0. The van der Waals surface area contributed by atoms with E-state index in [-0.39, 0.29) is 24.0 Å². The number of para-hydroxylation sites is 1. The third kappa shape index (κ3) is 7.58. The van der Waals surface area contributed by atoms with Gasteiger partial charge in [-0.15, -0.1) is 24.0 Å². The zero-order valence-electron chi connectivity index (χ0n) is 17.6.